The van der Waals surface area contributed by atoms with Gasteiger partial charge in [-0.15, -0.1) is 0 Å². The molecule has 0 N–H and O–H groups in total. The van der Waals surface area contributed by atoms with Crippen LogP contribution in [0.5, 0.6) is 0 Å². The lowest BCUT2D eigenvalue weighted by Crippen LogP contribution is -2.66. The second kappa shape index (κ2) is 9.39. The van der Waals surface area contributed by atoms with E-state index in [2.05, 4.69) is 27.7 Å². The largest absolute Gasteiger partial charge is 0.444 e. The lowest BCUT2D eigenvalue weighted by Gasteiger charge is -2.54. The van der Waals surface area contributed by atoms with Gasteiger partial charge in [-0.05, 0) is 80.5 Å². The van der Waals surface area contributed by atoms with Crippen molar-refractivity contribution in [3.05, 3.63) is 48.0 Å². The Morgan fingerprint density at radius 2 is 1.44 bits per heavy atom. The highest BCUT2D eigenvalue weighted by Gasteiger charge is 2.49. The predicted molar refractivity (Wildman–Crippen MR) is 146 cm³/mol. The maximum atomic E-state index is 13.9. The fourth-order valence-corrected chi connectivity index (χ4v) is 6.50. The Balaban J connectivity index is 1.70. The normalized spacial score (nSPS) is 21.6. The summed E-state index contributed by atoms with van der Waals surface area (Å²) >= 11 is 0. The van der Waals surface area contributed by atoms with Crippen LogP contribution in [-0.4, -0.2) is 52.6 Å². The van der Waals surface area contributed by atoms with Crippen molar-refractivity contribution in [1.82, 2.24) is 9.80 Å². The fraction of sp³-hybridized carbons (Fsp3) is 0.613. The van der Waals surface area contributed by atoms with Crippen LogP contribution in [0.2, 0.25) is 0 Å². The molecule has 36 heavy (non-hydrogen) atoms. The third-order valence-corrected chi connectivity index (χ3v) is 8.06. The van der Waals surface area contributed by atoms with Crippen molar-refractivity contribution in [2.24, 2.45) is 10.8 Å². The van der Waals surface area contributed by atoms with Crippen LogP contribution in [-0.2, 0) is 4.74 Å². The Morgan fingerprint density at radius 3 is 2.08 bits per heavy atom. The van der Waals surface area contributed by atoms with E-state index in [9.17, 15) is 9.59 Å². The number of fused-ring (bicyclic) bond motifs is 1. The molecule has 0 radical (unpaired) electrons. The van der Waals surface area contributed by atoms with Crippen LogP contribution in [0.25, 0.3) is 10.8 Å². The van der Waals surface area contributed by atoms with Crippen LogP contribution in [0.15, 0.2) is 42.5 Å². The van der Waals surface area contributed by atoms with Gasteiger partial charge in [-0.25, -0.2) is 4.79 Å². The van der Waals surface area contributed by atoms with E-state index in [-0.39, 0.29) is 22.8 Å². The Bertz CT molecular complexity index is 1100. The number of rotatable bonds is 1. The second-order valence-corrected chi connectivity index (χ2v) is 13.6. The quantitative estimate of drug-likeness (QED) is 0.420. The lowest BCUT2D eigenvalue weighted by molar-refractivity contribution is -0.0504. The van der Waals surface area contributed by atoms with Gasteiger partial charge in [0.1, 0.15) is 5.60 Å². The summed E-state index contributed by atoms with van der Waals surface area (Å²) in [6.07, 6.45) is 4.65. The van der Waals surface area contributed by atoms with Gasteiger partial charge in [0.25, 0.3) is 5.91 Å². The van der Waals surface area contributed by atoms with Crippen LogP contribution in [0.4, 0.5) is 4.79 Å². The number of benzene rings is 2. The maximum absolute atomic E-state index is 13.9. The summed E-state index contributed by atoms with van der Waals surface area (Å²) in [4.78, 5) is 31.4. The van der Waals surface area contributed by atoms with E-state index in [1.807, 2.05) is 73.0 Å². The molecular weight excluding hydrogens is 448 g/mol. The molecule has 1 spiro atoms. The minimum absolute atomic E-state index is 0.0515. The highest BCUT2D eigenvalue weighted by atomic mass is 16.6. The van der Waals surface area contributed by atoms with E-state index < -0.39 is 11.1 Å². The van der Waals surface area contributed by atoms with E-state index >= 15 is 0 Å². The fourth-order valence-electron chi connectivity index (χ4n) is 6.50. The summed E-state index contributed by atoms with van der Waals surface area (Å²) in [6.45, 7) is 16.7. The zero-order valence-corrected chi connectivity index (χ0v) is 23.3. The number of hydrogen-bond acceptors (Lipinski definition) is 3. The molecule has 0 aromatic heterocycles. The monoisotopic (exact) mass is 492 g/mol. The number of hydrogen-bond donors (Lipinski definition) is 0. The number of amides is 2. The molecule has 5 heteroatoms. The molecule has 2 aromatic carbocycles. The van der Waals surface area contributed by atoms with E-state index in [1.54, 1.807) is 0 Å². The van der Waals surface area contributed by atoms with Crippen LogP contribution < -0.4 is 0 Å². The van der Waals surface area contributed by atoms with Gasteiger partial charge in [0, 0.05) is 25.2 Å². The SMILES string of the molecule is CC1(C)CCC2(CCC(C)(C)C1)CN(C(=O)c1cccc3ccccc13)CCN2C(=O)OC(C)(C)C. The summed E-state index contributed by atoms with van der Waals surface area (Å²) < 4.78 is 5.90. The van der Waals surface area contributed by atoms with Crippen LogP contribution >= 0.6 is 0 Å². The van der Waals surface area contributed by atoms with E-state index in [0.29, 0.717) is 19.6 Å². The van der Waals surface area contributed by atoms with Crippen molar-refractivity contribution in [3.8, 4) is 0 Å². The highest BCUT2D eigenvalue weighted by molar-refractivity contribution is 6.07. The molecule has 1 aliphatic carbocycles. The zero-order chi connectivity index (χ0) is 26.4. The first-order valence-corrected chi connectivity index (χ1v) is 13.5. The van der Waals surface area contributed by atoms with E-state index in [1.165, 1.54) is 0 Å². The van der Waals surface area contributed by atoms with Gasteiger partial charge in [0.05, 0.1) is 5.54 Å². The molecule has 5 nitrogen and oxygen atoms in total. The summed E-state index contributed by atoms with van der Waals surface area (Å²) in [5.41, 5.74) is 0.0709. The minimum atomic E-state index is -0.561. The average Bonchev–Trinajstić information content (AvgIpc) is 2.78. The van der Waals surface area contributed by atoms with Crippen molar-refractivity contribution in [3.63, 3.8) is 0 Å². The van der Waals surface area contributed by atoms with E-state index in [4.69, 9.17) is 4.74 Å². The van der Waals surface area contributed by atoms with Gasteiger partial charge in [-0.1, -0.05) is 64.1 Å². The molecule has 2 amide bonds. The highest BCUT2D eigenvalue weighted by Crippen LogP contribution is 2.48. The van der Waals surface area contributed by atoms with Crippen LogP contribution in [0.1, 0.15) is 90.9 Å². The molecule has 2 aliphatic rings. The van der Waals surface area contributed by atoms with Crippen molar-refractivity contribution < 1.29 is 14.3 Å². The van der Waals surface area contributed by atoms with Gasteiger partial charge in [-0.2, -0.15) is 0 Å². The Hall–Kier alpha value is -2.56. The Morgan fingerprint density at radius 1 is 0.833 bits per heavy atom. The first-order chi connectivity index (χ1) is 16.7. The molecule has 0 bridgehead atoms. The molecule has 4 rings (SSSR count). The summed E-state index contributed by atoms with van der Waals surface area (Å²) in [6, 6.07) is 14.0. The van der Waals surface area contributed by atoms with Crippen LogP contribution in [0, 0.1) is 10.8 Å². The van der Waals surface area contributed by atoms with E-state index in [0.717, 1.165) is 48.4 Å². The van der Waals surface area contributed by atoms with Gasteiger partial charge in [-0.3, -0.25) is 9.69 Å². The van der Waals surface area contributed by atoms with Gasteiger partial charge in [0.15, 0.2) is 0 Å². The number of nitrogens with zero attached hydrogens (tertiary/aromatic N) is 2. The number of piperazine rings is 1. The third-order valence-electron chi connectivity index (χ3n) is 8.06. The molecule has 1 saturated heterocycles. The minimum Gasteiger partial charge on any atom is -0.444 e. The molecule has 1 saturated carbocycles. The first kappa shape index (κ1) is 26.5. The molecule has 2 fully saturated rings. The first-order valence-electron chi connectivity index (χ1n) is 13.5. The number of carbonyl (C=O) groups excluding carboxylic acids is 2. The molecule has 2 aromatic rings. The van der Waals surface area contributed by atoms with Gasteiger partial charge >= 0.3 is 6.09 Å². The third kappa shape index (κ3) is 5.71. The molecule has 0 atom stereocenters. The van der Waals surface area contributed by atoms with Crippen molar-refractivity contribution in [1.29, 1.82) is 0 Å². The van der Waals surface area contributed by atoms with Gasteiger partial charge in [0.2, 0.25) is 0 Å². The zero-order valence-electron chi connectivity index (χ0n) is 23.3. The molecule has 196 valence electrons. The van der Waals surface area contributed by atoms with Crippen molar-refractivity contribution in [2.75, 3.05) is 19.6 Å². The van der Waals surface area contributed by atoms with Crippen molar-refractivity contribution >= 4 is 22.8 Å². The molecular formula is C31H44N2O3. The van der Waals surface area contributed by atoms with Crippen LogP contribution in [0.3, 0.4) is 0 Å². The molecule has 0 unspecified atom stereocenters. The average molecular weight is 493 g/mol. The Labute approximate surface area is 217 Å². The summed E-state index contributed by atoms with van der Waals surface area (Å²) in [7, 11) is 0. The molecule has 1 aliphatic heterocycles. The summed E-state index contributed by atoms with van der Waals surface area (Å²) in [5, 5.41) is 2.05. The number of carbonyl (C=O) groups is 2. The molecule has 1 heterocycles. The second-order valence-electron chi connectivity index (χ2n) is 13.6. The van der Waals surface area contributed by atoms with Crippen molar-refractivity contribution in [2.45, 2.75) is 91.7 Å². The lowest BCUT2D eigenvalue weighted by atomic mass is 9.64. The topological polar surface area (TPSA) is 49.9 Å². The maximum Gasteiger partial charge on any atom is 0.410 e. The number of ether oxygens (including phenoxy) is 1. The predicted octanol–water partition coefficient (Wildman–Crippen LogP) is 7.29. The van der Waals surface area contributed by atoms with Gasteiger partial charge < -0.3 is 9.64 Å². The standard InChI is InChI=1S/C31H44N2O3/c1-28(2,3)36-27(35)33-20-19-32(26(34)25-14-10-12-23-11-8-9-13-24(23)25)22-31(33)17-15-29(4,5)21-30(6,7)16-18-31/h8-14H,15-22H2,1-7H3. The smallest absolute Gasteiger partial charge is 0.410 e. The Kier molecular flexibility index (Phi) is 6.91. The summed E-state index contributed by atoms with van der Waals surface area (Å²) in [5.74, 6) is 0.0515.